The molecule has 1 fully saturated rings. The van der Waals surface area contributed by atoms with Crippen molar-refractivity contribution < 1.29 is 0 Å². The Labute approximate surface area is 122 Å². The largest absolute Gasteiger partial charge is 0.311 e. The zero-order valence-corrected chi connectivity index (χ0v) is 12.5. The maximum Gasteiger partial charge on any atom is 0.0641 e. The topological polar surface area (TPSA) is 39.1 Å². The van der Waals surface area contributed by atoms with Crippen LogP contribution in [-0.4, -0.2) is 30.1 Å². The Morgan fingerprint density at radius 3 is 2.65 bits per heavy atom. The first-order valence-electron chi connectivity index (χ1n) is 7.71. The van der Waals surface area contributed by atoms with Crippen LogP contribution in [0.25, 0.3) is 0 Å². The molecule has 1 aliphatic heterocycles. The number of nitrogens with one attached hydrogen (secondary N) is 1. The van der Waals surface area contributed by atoms with E-state index in [2.05, 4.69) is 54.4 Å². The zero-order chi connectivity index (χ0) is 14.4. The molecule has 1 aromatic rings. The Kier molecular flexibility index (Phi) is 5.58. The second-order valence-corrected chi connectivity index (χ2v) is 5.56. The molecular formula is C17H25N3. The minimum absolute atomic E-state index is 0.224. The fourth-order valence-electron chi connectivity index (χ4n) is 3.11. The summed E-state index contributed by atoms with van der Waals surface area (Å²) in [6.45, 7) is 6.53. The Balaban J connectivity index is 2.23. The summed E-state index contributed by atoms with van der Waals surface area (Å²) in [6, 6.07) is 14.2. The van der Waals surface area contributed by atoms with Crippen LogP contribution in [0.15, 0.2) is 30.3 Å². The average molecular weight is 271 g/mol. The summed E-state index contributed by atoms with van der Waals surface area (Å²) >= 11 is 0. The SMILES string of the molecule is CCC1CN(C(CC#N)c2ccccc2)C(CC)CN1. The van der Waals surface area contributed by atoms with Crippen molar-refractivity contribution in [3.05, 3.63) is 35.9 Å². The van der Waals surface area contributed by atoms with E-state index in [9.17, 15) is 5.26 Å². The number of hydrogen-bond acceptors (Lipinski definition) is 3. The highest BCUT2D eigenvalue weighted by Crippen LogP contribution is 2.29. The van der Waals surface area contributed by atoms with Crippen molar-refractivity contribution in [2.24, 2.45) is 0 Å². The molecule has 108 valence electrons. The molecule has 0 amide bonds. The third kappa shape index (κ3) is 3.39. The lowest BCUT2D eigenvalue weighted by Gasteiger charge is -2.44. The lowest BCUT2D eigenvalue weighted by Crippen LogP contribution is -2.56. The lowest BCUT2D eigenvalue weighted by atomic mass is 9.96. The molecule has 20 heavy (non-hydrogen) atoms. The van der Waals surface area contributed by atoms with Gasteiger partial charge in [0, 0.05) is 31.2 Å². The first-order chi connectivity index (χ1) is 9.80. The van der Waals surface area contributed by atoms with Crippen molar-refractivity contribution in [1.29, 1.82) is 5.26 Å². The van der Waals surface area contributed by atoms with Gasteiger partial charge in [0.15, 0.2) is 0 Å². The summed E-state index contributed by atoms with van der Waals surface area (Å²) in [5.41, 5.74) is 1.27. The zero-order valence-electron chi connectivity index (χ0n) is 12.5. The Morgan fingerprint density at radius 2 is 2.05 bits per heavy atom. The molecule has 1 aliphatic rings. The molecule has 3 atom stereocenters. The maximum atomic E-state index is 9.22. The molecule has 3 nitrogen and oxygen atoms in total. The van der Waals surface area contributed by atoms with E-state index in [1.54, 1.807) is 0 Å². The highest BCUT2D eigenvalue weighted by molar-refractivity contribution is 5.21. The van der Waals surface area contributed by atoms with Gasteiger partial charge in [0.25, 0.3) is 0 Å². The molecule has 0 bridgehead atoms. The Bertz CT molecular complexity index is 437. The molecule has 1 aromatic carbocycles. The van der Waals surface area contributed by atoms with Crippen LogP contribution < -0.4 is 5.32 Å². The normalized spacial score (nSPS) is 25.1. The molecule has 0 aromatic heterocycles. The van der Waals surface area contributed by atoms with Gasteiger partial charge in [0.2, 0.25) is 0 Å². The van der Waals surface area contributed by atoms with Crippen LogP contribution in [0.2, 0.25) is 0 Å². The van der Waals surface area contributed by atoms with E-state index in [-0.39, 0.29) is 6.04 Å². The van der Waals surface area contributed by atoms with Crippen LogP contribution in [0.1, 0.15) is 44.7 Å². The van der Waals surface area contributed by atoms with Crippen molar-refractivity contribution >= 4 is 0 Å². The highest BCUT2D eigenvalue weighted by atomic mass is 15.3. The van der Waals surface area contributed by atoms with E-state index in [1.807, 2.05) is 6.07 Å². The standard InChI is InChI=1S/C17H25N3/c1-3-15-13-20(16(4-2)12-19-15)17(10-11-18)14-8-6-5-7-9-14/h5-9,15-17,19H,3-4,10,12-13H2,1-2H3. The molecule has 3 unspecified atom stereocenters. The van der Waals surface area contributed by atoms with E-state index >= 15 is 0 Å². The second kappa shape index (κ2) is 7.42. The maximum absolute atomic E-state index is 9.22. The number of nitriles is 1. The first-order valence-corrected chi connectivity index (χ1v) is 7.71. The number of rotatable bonds is 5. The number of piperazine rings is 1. The summed E-state index contributed by atoms with van der Waals surface area (Å²) in [5, 5.41) is 12.8. The molecular weight excluding hydrogens is 246 g/mol. The van der Waals surface area contributed by atoms with Crippen LogP contribution >= 0.6 is 0 Å². The first kappa shape index (κ1) is 15.0. The van der Waals surface area contributed by atoms with Crippen molar-refractivity contribution in [1.82, 2.24) is 10.2 Å². The summed E-state index contributed by atoms with van der Waals surface area (Å²) < 4.78 is 0. The van der Waals surface area contributed by atoms with Crippen molar-refractivity contribution in [2.75, 3.05) is 13.1 Å². The highest BCUT2D eigenvalue weighted by Gasteiger charge is 2.31. The van der Waals surface area contributed by atoms with Crippen molar-refractivity contribution in [2.45, 2.75) is 51.2 Å². The third-order valence-electron chi connectivity index (χ3n) is 4.38. The monoisotopic (exact) mass is 271 g/mol. The Hall–Kier alpha value is -1.37. The molecule has 0 aliphatic carbocycles. The summed E-state index contributed by atoms with van der Waals surface area (Å²) in [5.74, 6) is 0. The van der Waals surface area contributed by atoms with E-state index in [0.717, 1.165) is 25.9 Å². The molecule has 3 heteroatoms. The average Bonchev–Trinajstić information content (AvgIpc) is 2.53. The minimum Gasteiger partial charge on any atom is -0.311 e. The van der Waals surface area contributed by atoms with Gasteiger partial charge in [-0.2, -0.15) is 5.26 Å². The van der Waals surface area contributed by atoms with Gasteiger partial charge in [0.05, 0.1) is 12.5 Å². The van der Waals surface area contributed by atoms with Crippen molar-refractivity contribution in [3.8, 4) is 6.07 Å². The summed E-state index contributed by atoms with van der Waals surface area (Å²) in [6.07, 6.45) is 2.83. The molecule has 1 saturated heterocycles. The lowest BCUT2D eigenvalue weighted by molar-refractivity contribution is 0.0787. The summed E-state index contributed by atoms with van der Waals surface area (Å²) in [7, 11) is 0. The number of benzene rings is 1. The number of nitrogens with zero attached hydrogens (tertiary/aromatic N) is 2. The molecule has 0 spiro atoms. The van der Waals surface area contributed by atoms with E-state index < -0.39 is 0 Å². The van der Waals surface area contributed by atoms with Gasteiger partial charge in [-0.05, 0) is 18.4 Å². The second-order valence-electron chi connectivity index (χ2n) is 5.56. The van der Waals surface area contributed by atoms with Gasteiger partial charge in [-0.15, -0.1) is 0 Å². The molecule has 2 rings (SSSR count). The van der Waals surface area contributed by atoms with E-state index in [1.165, 1.54) is 5.56 Å². The van der Waals surface area contributed by atoms with Crippen LogP contribution in [-0.2, 0) is 0 Å². The fourth-order valence-corrected chi connectivity index (χ4v) is 3.11. The summed E-state index contributed by atoms with van der Waals surface area (Å²) in [4.78, 5) is 2.54. The Morgan fingerprint density at radius 1 is 1.30 bits per heavy atom. The molecule has 0 saturated carbocycles. The van der Waals surface area contributed by atoms with E-state index in [0.29, 0.717) is 18.5 Å². The van der Waals surface area contributed by atoms with Gasteiger partial charge in [-0.1, -0.05) is 44.2 Å². The minimum atomic E-state index is 0.224. The van der Waals surface area contributed by atoms with Gasteiger partial charge >= 0.3 is 0 Å². The van der Waals surface area contributed by atoms with Crippen LogP contribution in [0, 0.1) is 11.3 Å². The van der Waals surface area contributed by atoms with Gasteiger partial charge in [-0.25, -0.2) is 0 Å². The van der Waals surface area contributed by atoms with Gasteiger partial charge in [-0.3, -0.25) is 4.90 Å². The fraction of sp³-hybridized carbons (Fsp3) is 0.588. The van der Waals surface area contributed by atoms with E-state index in [4.69, 9.17) is 0 Å². The van der Waals surface area contributed by atoms with Gasteiger partial charge < -0.3 is 5.32 Å². The van der Waals surface area contributed by atoms with Crippen LogP contribution in [0.3, 0.4) is 0 Å². The van der Waals surface area contributed by atoms with Gasteiger partial charge in [0.1, 0.15) is 0 Å². The smallest absolute Gasteiger partial charge is 0.0641 e. The third-order valence-corrected chi connectivity index (χ3v) is 4.38. The predicted octanol–water partition coefficient (Wildman–Crippen LogP) is 3.10. The quantitative estimate of drug-likeness (QED) is 0.894. The predicted molar refractivity (Wildman–Crippen MR) is 82.3 cm³/mol. The van der Waals surface area contributed by atoms with Crippen molar-refractivity contribution in [3.63, 3.8) is 0 Å². The van der Waals surface area contributed by atoms with Crippen LogP contribution in [0.5, 0.6) is 0 Å². The number of hydrogen-bond donors (Lipinski definition) is 1. The molecule has 1 heterocycles. The van der Waals surface area contributed by atoms with Crippen LogP contribution in [0.4, 0.5) is 0 Å². The molecule has 1 N–H and O–H groups in total. The molecule has 0 radical (unpaired) electrons.